The number of benzene rings is 3. The molecule has 30 heavy (non-hydrogen) atoms. The SMILES string of the molecule is O=C(CSc1nnc(-c2ccccc2F)n1CCc1ccccc1)c1ccccc1. The van der Waals surface area contributed by atoms with Crippen molar-refractivity contribution in [3.63, 3.8) is 0 Å². The van der Waals surface area contributed by atoms with Crippen LogP contribution in [0.3, 0.4) is 0 Å². The molecule has 0 atom stereocenters. The molecule has 0 saturated carbocycles. The molecular weight excluding hydrogens is 397 g/mol. The van der Waals surface area contributed by atoms with E-state index in [1.165, 1.54) is 23.4 Å². The quantitative estimate of drug-likeness (QED) is 0.288. The van der Waals surface area contributed by atoms with Crippen LogP contribution in [-0.2, 0) is 13.0 Å². The van der Waals surface area contributed by atoms with Crippen LogP contribution in [-0.4, -0.2) is 26.3 Å². The molecule has 6 heteroatoms. The lowest BCUT2D eigenvalue weighted by Gasteiger charge is -2.11. The Morgan fingerprint density at radius 2 is 1.53 bits per heavy atom. The molecule has 1 aromatic heterocycles. The number of hydrogen-bond acceptors (Lipinski definition) is 4. The van der Waals surface area contributed by atoms with Gasteiger partial charge in [0.2, 0.25) is 0 Å². The summed E-state index contributed by atoms with van der Waals surface area (Å²) < 4.78 is 16.3. The molecule has 0 radical (unpaired) electrons. The van der Waals surface area contributed by atoms with Gasteiger partial charge in [-0.2, -0.15) is 0 Å². The summed E-state index contributed by atoms with van der Waals surface area (Å²) in [4.78, 5) is 12.5. The average molecular weight is 418 g/mol. The van der Waals surface area contributed by atoms with Gasteiger partial charge in [-0.1, -0.05) is 84.6 Å². The van der Waals surface area contributed by atoms with Crippen molar-refractivity contribution in [2.75, 3.05) is 5.75 Å². The average Bonchev–Trinajstić information content (AvgIpc) is 3.20. The summed E-state index contributed by atoms with van der Waals surface area (Å²) in [7, 11) is 0. The van der Waals surface area contributed by atoms with Crippen molar-refractivity contribution in [1.82, 2.24) is 14.8 Å². The van der Waals surface area contributed by atoms with E-state index in [4.69, 9.17) is 0 Å². The van der Waals surface area contributed by atoms with Crippen LogP contribution < -0.4 is 0 Å². The first-order chi connectivity index (χ1) is 14.7. The summed E-state index contributed by atoms with van der Waals surface area (Å²) >= 11 is 1.32. The standard InChI is InChI=1S/C24H20FN3OS/c25-21-14-8-7-13-20(21)23-26-27-24(28(23)16-15-18-9-3-1-4-10-18)30-17-22(29)19-11-5-2-6-12-19/h1-14H,15-17H2. The number of rotatable bonds is 8. The van der Waals surface area contributed by atoms with Gasteiger partial charge in [-0.25, -0.2) is 4.39 Å². The molecular formula is C24H20FN3OS. The molecule has 3 aromatic carbocycles. The number of Topliss-reactive ketones (excluding diaryl/α,β-unsaturated/α-hetero) is 1. The molecule has 4 rings (SSSR count). The Bertz CT molecular complexity index is 1130. The Kier molecular flexibility index (Phi) is 6.35. The number of aryl methyl sites for hydroxylation is 1. The molecule has 0 fully saturated rings. The number of ketones is 1. The van der Waals surface area contributed by atoms with E-state index in [1.54, 1.807) is 30.3 Å². The number of halogens is 1. The van der Waals surface area contributed by atoms with E-state index in [2.05, 4.69) is 22.3 Å². The van der Waals surface area contributed by atoms with Gasteiger partial charge in [0.25, 0.3) is 0 Å². The van der Waals surface area contributed by atoms with Gasteiger partial charge in [0.1, 0.15) is 5.82 Å². The number of thioether (sulfide) groups is 1. The lowest BCUT2D eigenvalue weighted by atomic mass is 10.1. The molecule has 150 valence electrons. The monoisotopic (exact) mass is 417 g/mol. The predicted molar refractivity (Wildman–Crippen MR) is 117 cm³/mol. The Morgan fingerprint density at radius 1 is 0.867 bits per heavy atom. The second kappa shape index (κ2) is 9.50. The minimum atomic E-state index is -0.345. The third-order valence-corrected chi connectivity index (χ3v) is 5.69. The molecule has 0 aliphatic rings. The van der Waals surface area contributed by atoms with Crippen LogP contribution in [0.2, 0.25) is 0 Å². The molecule has 4 nitrogen and oxygen atoms in total. The molecule has 0 amide bonds. The third kappa shape index (κ3) is 4.66. The van der Waals surface area contributed by atoms with Gasteiger partial charge < -0.3 is 4.57 Å². The fourth-order valence-corrected chi connectivity index (χ4v) is 4.02. The highest BCUT2D eigenvalue weighted by Crippen LogP contribution is 2.27. The van der Waals surface area contributed by atoms with Gasteiger partial charge in [0.15, 0.2) is 16.8 Å². The highest BCUT2D eigenvalue weighted by molar-refractivity contribution is 7.99. The van der Waals surface area contributed by atoms with Crippen molar-refractivity contribution in [3.8, 4) is 11.4 Å². The largest absolute Gasteiger partial charge is 0.302 e. The van der Waals surface area contributed by atoms with Crippen LogP contribution in [0.25, 0.3) is 11.4 Å². The fourth-order valence-electron chi connectivity index (χ4n) is 3.16. The lowest BCUT2D eigenvalue weighted by Crippen LogP contribution is -2.08. The molecule has 0 unspecified atom stereocenters. The maximum absolute atomic E-state index is 14.4. The Morgan fingerprint density at radius 3 is 2.27 bits per heavy atom. The highest BCUT2D eigenvalue weighted by Gasteiger charge is 2.18. The van der Waals surface area contributed by atoms with E-state index in [0.29, 0.717) is 28.7 Å². The van der Waals surface area contributed by atoms with E-state index < -0.39 is 0 Å². The Labute approximate surface area is 178 Å². The molecule has 0 bridgehead atoms. The van der Waals surface area contributed by atoms with Crippen LogP contribution in [0.4, 0.5) is 4.39 Å². The smallest absolute Gasteiger partial charge is 0.191 e. The van der Waals surface area contributed by atoms with Gasteiger partial charge in [0.05, 0.1) is 11.3 Å². The zero-order valence-corrected chi connectivity index (χ0v) is 17.1. The number of carbonyl (C=O) groups excluding carboxylic acids is 1. The first-order valence-electron chi connectivity index (χ1n) is 9.65. The molecule has 0 saturated heterocycles. The van der Waals surface area contributed by atoms with Crippen LogP contribution in [0, 0.1) is 5.82 Å². The summed E-state index contributed by atoms with van der Waals surface area (Å²) in [6, 6.07) is 25.8. The number of carbonyl (C=O) groups is 1. The van der Waals surface area contributed by atoms with Gasteiger partial charge in [-0.3, -0.25) is 4.79 Å². The normalized spacial score (nSPS) is 10.8. The summed E-state index contributed by atoms with van der Waals surface area (Å²) in [5.41, 5.74) is 2.23. The van der Waals surface area contributed by atoms with Crippen LogP contribution in [0.1, 0.15) is 15.9 Å². The summed E-state index contributed by atoms with van der Waals surface area (Å²) in [5.74, 6) is 0.386. The van der Waals surface area contributed by atoms with E-state index in [9.17, 15) is 9.18 Å². The van der Waals surface area contributed by atoms with E-state index in [1.807, 2.05) is 41.0 Å². The van der Waals surface area contributed by atoms with Crippen molar-refractivity contribution in [2.24, 2.45) is 0 Å². The maximum atomic E-state index is 14.4. The van der Waals surface area contributed by atoms with Gasteiger partial charge in [-0.15, -0.1) is 10.2 Å². The third-order valence-electron chi connectivity index (χ3n) is 4.73. The Balaban J connectivity index is 1.59. The zero-order chi connectivity index (χ0) is 20.8. The zero-order valence-electron chi connectivity index (χ0n) is 16.2. The second-order valence-electron chi connectivity index (χ2n) is 6.75. The van der Waals surface area contributed by atoms with Crippen LogP contribution in [0.15, 0.2) is 90.1 Å². The van der Waals surface area contributed by atoms with Crippen molar-refractivity contribution in [1.29, 1.82) is 0 Å². The topological polar surface area (TPSA) is 47.8 Å². The molecule has 0 aliphatic heterocycles. The van der Waals surface area contributed by atoms with Gasteiger partial charge >= 0.3 is 0 Å². The minimum Gasteiger partial charge on any atom is -0.302 e. The number of aromatic nitrogens is 3. The van der Waals surface area contributed by atoms with Gasteiger partial charge in [0, 0.05) is 12.1 Å². The molecule has 0 N–H and O–H groups in total. The van der Waals surface area contributed by atoms with Crippen LogP contribution in [0.5, 0.6) is 0 Å². The summed E-state index contributed by atoms with van der Waals surface area (Å²) in [6.07, 6.45) is 0.751. The molecule has 0 aliphatic carbocycles. The maximum Gasteiger partial charge on any atom is 0.191 e. The Hall–Kier alpha value is -3.25. The lowest BCUT2D eigenvalue weighted by molar-refractivity contribution is 0.102. The van der Waals surface area contributed by atoms with Crippen molar-refractivity contribution in [2.45, 2.75) is 18.1 Å². The molecule has 0 spiro atoms. The number of nitrogens with zero attached hydrogens (tertiary/aromatic N) is 3. The van der Waals surface area contributed by atoms with Crippen molar-refractivity contribution >= 4 is 17.5 Å². The molecule has 4 aromatic rings. The number of hydrogen-bond donors (Lipinski definition) is 0. The van der Waals surface area contributed by atoms with Crippen LogP contribution >= 0.6 is 11.8 Å². The minimum absolute atomic E-state index is 0.0191. The highest BCUT2D eigenvalue weighted by atomic mass is 32.2. The summed E-state index contributed by atoms with van der Waals surface area (Å²) in [6.45, 7) is 0.586. The first kappa shape index (κ1) is 20.0. The van der Waals surface area contributed by atoms with Crippen molar-refractivity contribution in [3.05, 3.63) is 102 Å². The first-order valence-corrected chi connectivity index (χ1v) is 10.6. The fraction of sp³-hybridized carbons (Fsp3) is 0.125. The van der Waals surface area contributed by atoms with E-state index in [0.717, 1.165) is 6.42 Å². The van der Waals surface area contributed by atoms with Gasteiger partial charge in [-0.05, 0) is 24.1 Å². The van der Waals surface area contributed by atoms with Crippen molar-refractivity contribution < 1.29 is 9.18 Å². The predicted octanol–water partition coefficient (Wildman–Crippen LogP) is 5.30. The summed E-state index contributed by atoms with van der Waals surface area (Å²) in [5, 5.41) is 9.12. The van der Waals surface area contributed by atoms with E-state index >= 15 is 0 Å². The second-order valence-corrected chi connectivity index (χ2v) is 7.69. The van der Waals surface area contributed by atoms with E-state index in [-0.39, 0.29) is 17.4 Å². The molecule has 1 heterocycles.